The predicted molar refractivity (Wildman–Crippen MR) is 158 cm³/mol. The van der Waals surface area contributed by atoms with E-state index in [2.05, 4.69) is 44.4 Å². The lowest BCUT2D eigenvalue weighted by atomic mass is 9.96. The molecule has 2 amide bonds. The number of benzene rings is 2. The lowest BCUT2D eigenvalue weighted by Gasteiger charge is -2.29. The Kier molecular flexibility index (Phi) is 9.07. The largest absolute Gasteiger partial charge is 0.437 e. The lowest BCUT2D eigenvalue weighted by Crippen LogP contribution is -3.10. The molecule has 0 radical (unpaired) electrons. The minimum atomic E-state index is -0.307. The van der Waals surface area contributed by atoms with Crippen molar-refractivity contribution in [2.24, 2.45) is 5.92 Å². The van der Waals surface area contributed by atoms with Crippen LogP contribution >= 0.6 is 0 Å². The fourth-order valence-electron chi connectivity index (χ4n) is 4.84. The molecule has 11 nitrogen and oxygen atoms in total. The molecular weight excluding hydrogens is 522 g/mol. The molecule has 0 bridgehead atoms. The number of hydrogen-bond acceptors (Lipinski definition) is 8. The van der Waals surface area contributed by atoms with Gasteiger partial charge in [0.25, 0.3) is 0 Å². The van der Waals surface area contributed by atoms with Gasteiger partial charge in [-0.3, -0.25) is 9.59 Å². The number of piperidine rings is 1. The molecule has 11 heteroatoms. The third-order valence-corrected chi connectivity index (χ3v) is 7.21. The SMILES string of the molecule is C=CC(=O)Nc1cccc(Oc2nc(Nc3ccc(NC(=O)C4CC[NH+](C)CC4)cc3)ncc2N2CCOCC2)c1. The summed E-state index contributed by atoms with van der Waals surface area (Å²) in [6.45, 7) is 8.11. The van der Waals surface area contributed by atoms with Crippen LogP contribution in [0.2, 0.25) is 0 Å². The van der Waals surface area contributed by atoms with Gasteiger partial charge >= 0.3 is 0 Å². The van der Waals surface area contributed by atoms with Crippen molar-refractivity contribution in [2.45, 2.75) is 12.8 Å². The van der Waals surface area contributed by atoms with E-state index < -0.39 is 0 Å². The van der Waals surface area contributed by atoms with Crippen LogP contribution in [0.5, 0.6) is 11.6 Å². The Labute approximate surface area is 239 Å². The first-order valence-corrected chi connectivity index (χ1v) is 13.9. The minimum Gasteiger partial charge on any atom is -0.437 e. The Morgan fingerprint density at radius 2 is 1.78 bits per heavy atom. The Balaban J connectivity index is 1.30. The molecule has 2 aromatic carbocycles. The summed E-state index contributed by atoms with van der Waals surface area (Å²) < 4.78 is 11.7. The molecular formula is C30H36N7O4+. The summed E-state index contributed by atoms with van der Waals surface area (Å²) in [6.07, 6.45) is 4.76. The number of rotatable bonds is 9. The van der Waals surface area contributed by atoms with E-state index in [1.807, 2.05) is 24.3 Å². The molecule has 0 atom stereocenters. The minimum absolute atomic E-state index is 0.0623. The average Bonchev–Trinajstić information content (AvgIpc) is 2.99. The molecule has 41 heavy (non-hydrogen) atoms. The second kappa shape index (κ2) is 13.2. The topological polar surface area (TPSA) is 122 Å². The molecule has 2 saturated heterocycles. The number of morpholine rings is 1. The highest BCUT2D eigenvalue weighted by molar-refractivity contribution is 5.99. The van der Waals surface area contributed by atoms with Gasteiger partial charge in [0.1, 0.15) is 11.4 Å². The van der Waals surface area contributed by atoms with Crippen LogP contribution in [0.15, 0.2) is 67.4 Å². The molecule has 0 spiro atoms. The van der Waals surface area contributed by atoms with Crippen LogP contribution in [-0.2, 0) is 14.3 Å². The van der Waals surface area contributed by atoms with Crippen LogP contribution in [-0.4, -0.2) is 68.2 Å². The molecule has 0 unspecified atom stereocenters. The van der Waals surface area contributed by atoms with Crippen molar-refractivity contribution in [3.63, 3.8) is 0 Å². The summed E-state index contributed by atoms with van der Waals surface area (Å²) in [5, 5.41) is 9.01. The quantitative estimate of drug-likeness (QED) is 0.296. The zero-order valence-corrected chi connectivity index (χ0v) is 23.2. The lowest BCUT2D eigenvalue weighted by molar-refractivity contribution is -0.885. The van der Waals surface area contributed by atoms with E-state index in [1.165, 1.54) is 11.0 Å². The molecule has 2 fully saturated rings. The maximum Gasteiger partial charge on any atom is 0.248 e. The van der Waals surface area contributed by atoms with Gasteiger partial charge in [0, 0.05) is 55.0 Å². The molecule has 5 rings (SSSR count). The van der Waals surface area contributed by atoms with Crippen LogP contribution in [0.25, 0.3) is 0 Å². The zero-order valence-electron chi connectivity index (χ0n) is 23.2. The van der Waals surface area contributed by atoms with Gasteiger partial charge in [-0.1, -0.05) is 12.6 Å². The number of aromatic nitrogens is 2. The van der Waals surface area contributed by atoms with E-state index in [0.717, 1.165) is 43.0 Å². The zero-order chi connectivity index (χ0) is 28.6. The summed E-state index contributed by atoms with van der Waals surface area (Å²) in [5.41, 5.74) is 2.85. The molecule has 3 aromatic rings. The fraction of sp³-hybridized carbons (Fsp3) is 0.333. The first-order chi connectivity index (χ1) is 20.0. The summed E-state index contributed by atoms with van der Waals surface area (Å²) in [6, 6.07) is 14.6. The van der Waals surface area contributed by atoms with Gasteiger partial charge in [-0.15, -0.1) is 0 Å². The van der Waals surface area contributed by atoms with Crippen LogP contribution in [0.1, 0.15) is 12.8 Å². The Morgan fingerprint density at radius 3 is 2.51 bits per heavy atom. The maximum absolute atomic E-state index is 12.7. The summed E-state index contributed by atoms with van der Waals surface area (Å²) >= 11 is 0. The van der Waals surface area contributed by atoms with E-state index in [1.54, 1.807) is 30.5 Å². The molecule has 0 saturated carbocycles. The van der Waals surface area contributed by atoms with Crippen molar-refractivity contribution < 1.29 is 24.0 Å². The summed E-state index contributed by atoms with van der Waals surface area (Å²) in [4.78, 5) is 37.2. The number of carbonyl (C=O) groups is 2. The first-order valence-electron chi connectivity index (χ1n) is 13.9. The normalized spacial score (nSPS) is 18.7. The van der Waals surface area contributed by atoms with Crippen molar-refractivity contribution in [1.82, 2.24) is 9.97 Å². The smallest absolute Gasteiger partial charge is 0.248 e. The molecule has 2 aliphatic heterocycles. The average molecular weight is 559 g/mol. The summed E-state index contributed by atoms with van der Waals surface area (Å²) in [5.74, 6) is 1.08. The number of amides is 2. The van der Waals surface area contributed by atoms with Gasteiger partial charge in [0.05, 0.1) is 39.5 Å². The maximum atomic E-state index is 12.7. The van der Waals surface area contributed by atoms with Gasteiger partial charge in [-0.25, -0.2) is 4.98 Å². The summed E-state index contributed by atoms with van der Waals surface area (Å²) in [7, 11) is 2.17. The number of likely N-dealkylation sites (tertiary alicyclic amines) is 1. The van der Waals surface area contributed by atoms with Crippen molar-refractivity contribution in [1.29, 1.82) is 0 Å². The van der Waals surface area contributed by atoms with Crippen molar-refractivity contribution in [3.05, 3.63) is 67.4 Å². The number of quaternary nitrogens is 1. The Hall–Kier alpha value is -4.48. The molecule has 1 aromatic heterocycles. The van der Waals surface area contributed by atoms with Gasteiger partial charge in [0.2, 0.25) is 23.6 Å². The number of anilines is 5. The fourth-order valence-corrected chi connectivity index (χ4v) is 4.84. The highest BCUT2D eigenvalue weighted by Crippen LogP contribution is 2.33. The van der Waals surface area contributed by atoms with Crippen LogP contribution in [0.4, 0.5) is 28.7 Å². The van der Waals surface area contributed by atoms with Crippen molar-refractivity contribution in [3.8, 4) is 11.6 Å². The van der Waals surface area contributed by atoms with Crippen LogP contribution in [0, 0.1) is 5.92 Å². The van der Waals surface area contributed by atoms with Crippen LogP contribution < -0.4 is 30.5 Å². The van der Waals surface area contributed by atoms with E-state index in [-0.39, 0.29) is 17.7 Å². The Bertz CT molecular complexity index is 1370. The van der Waals surface area contributed by atoms with Gasteiger partial charge in [-0.2, -0.15) is 4.98 Å². The molecule has 4 N–H and O–H groups in total. The second-order valence-electron chi connectivity index (χ2n) is 10.2. The van der Waals surface area contributed by atoms with Gasteiger partial charge in [0.15, 0.2) is 0 Å². The number of nitrogens with zero attached hydrogens (tertiary/aromatic N) is 3. The standard InChI is InChI=1S/C30H35N7O4/c1-3-27(38)32-24-5-4-6-25(19-24)41-29-26(37-15-17-40-18-16-37)20-31-30(35-29)34-23-9-7-22(8-10-23)33-28(39)21-11-13-36(2)14-12-21/h3-10,19-21H,1,11-18H2,2H3,(H,32,38)(H,33,39)(H,31,34,35)/p+1. The predicted octanol–water partition coefficient (Wildman–Crippen LogP) is 2.84. The number of ether oxygens (including phenoxy) is 2. The van der Waals surface area contributed by atoms with E-state index in [4.69, 9.17) is 9.47 Å². The van der Waals surface area contributed by atoms with E-state index in [9.17, 15) is 9.59 Å². The van der Waals surface area contributed by atoms with Gasteiger partial charge in [-0.05, 0) is 42.5 Å². The van der Waals surface area contributed by atoms with E-state index in [0.29, 0.717) is 49.6 Å². The number of hydrogen-bond donors (Lipinski definition) is 4. The number of nitrogens with one attached hydrogen (secondary N) is 4. The Morgan fingerprint density at radius 1 is 1.05 bits per heavy atom. The van der Waals surface area contributed by atoms with E-state index >= 15 is 0 Å². The number of carbonyl (C=O) groups excluding carboxylic acids is 2. The monoisotopic (exact) mass is 558 g/mol. The highest BCUT2D eigenvalue weighted by atomic mass is 16.5. The highest BCUT2D eigenvalue weighted by Gasteiger charge is 2.25. The second-order valence-corrected chi connectivity index (χ2v) is 10.2. The van der Waals surface area contributed by atoms with Gasteiger partial charge < -0.3 is 35.2 Å². The third-order valence-electron chi connectivity index (χ3n) is 7.21. The third kappa shape index (κ3) is 7.59. The first kappa shape index (κ1) is 28.1. The van der Waals surface area contributed by atoms with Crippen LogP contribution in [0.3, 0.4) is 0 Å². The van der Waals surface area contributed by atoms with Crippen molar-refractivity contribution >= 4 is 40.5 Å². The van der Waals surface area contributed by atoms with Crippen molar-refractivity contribution in [2.75, 3.05) is 67.3 Å². The molecule has 3 heterocycles. The molecule has 0 aliphatic carbocycles. The molecule has 214 valence electrons. The molecule has 2 aliphatic rings.